The highest BCUT2D eigenvalue weighted by atomic mass is 32.2. The monoisotopic (exact) mass is 404 g/mol. The third-order valence-corrected chi connectivity index (χ3v) is 6.26. The number of furan rings is 1. The number of carbonyl (C=O) groups excluding carboxylic acids is 1. The Morgan fingerprint density at radius 3 is 3.07 bits per heavy atom. The molecule has 0 radical (unpaired) electrons. The van der Waals surface area contributed by atoms with Crippen LogP contribution in [0, 0.1) is 0 Å². The van der Waals surface area contributed by atoms with E-state index in [0.29, 0.717) is 29.9 Å². The van der Waals surface area contributed by atoms with Gasteiger partial charge in [-0.15, -0.1) is 11.3 Å². The number of amides is 1. The molecule has 0 saturated carbocycles. The van der Waals surface area contributed by atoms with Gasteiger partial charge in [0, 0.05) is 11.3 Å². The maximum absolute atomic E-state index is 12.0. The number of nitrogens with zero attached hydrogens (tertiary/aromatic N) is 2. The first-order chi connectivity index (χ1) is 12.9. The number of hydrogen-bond acceptors (Lipinski definition) is 8. The van der Waals surface area contributed by atoms with Crippen LogP contribution < -0.4 is 11.1 Å². The van der Waals surface area contributed by atoms with Gasteiger partial charge in [-0.1, -0.05) is 11.8 Å². The van der Waals surface area contributed by atoms with E-state index < -0.39 is 0 Å². The lowest BCUT2D eigenvalue weighted by Gasteiger charge is -2.30. The Hall–Kier alpha value is -2.10. The molecule has 0 bridgehead atoms. The van der Waals surface area contributed by atoms with Crippen molar-refractivity contribution in [1.29, 1.82) is 0 Å². The summed E-state index contributed by atoms with van der Waals surface area (Å²) in [6.07, 6.45) is 2.37. The van der Waals surface area contributed by atoms with Crippen molar-refractivity contribution in [3.05, 3.63) is 34.6 Å². The number of hydrogen-bond donors (Lipinski definition) is 2. The standard InChI is InChI=1S/C18H20N4O3S2/c1-18(2)6-11-12(8-25-18)27-16-14(11)15(19)21-17(22-16)26-9-13(23)20-7-10-4-3-5-24-10/h3-5H,6-9H2,1-2H3,(H,20,23)(H2,19,21,22). The molecule has 0 saturated heterocycles. The minimum atomic E-state index is -0.215. The van der Waals surface area contributed by atoms with Gasteiger partial charge < -0.3 is 20.2 Å². The molecule has 0 aliphatic carbocycles. The smallest absolute Gasteiger partial charge is 0.230 e. The summed E-state index contributed by atoms with van der Waals surface area (Å²) in [6, 6.07) is 3.60. The molecule has 1 aliphatic rings. The molecule has 0 unspecified atom stereocenters. The lowest BCUT2D eigenvalue weighted by Crippen LogP contribution is -2.31. The number of rotatable bonds is 5. The molecule has 1 aliphatic heterocycles. The topological polar surface area (TPSA) is 103 Å². The van der Waals surface area contributed by atoms with E-state index in [4.69, 9.17) is 14.9 Å². The van der Waals surface area contributed by atoms with E-state index in [1.165, 1.54) is 17.3 Å². The summed E-state index contributed by atoms with van der Waals surface area (Å²) >= 11 is 2.86. The molecular formula is C18H20N4O3S2. The first-order valence-corrected chi connectivity index (χ1v) is 10.3. The van der Waals surface area contributed by atoms with Gasteiger partial charge in [-0.25, -0.2) is 9.97 Å². The summed E-state index contributed by atoms with van der Waals surface area (Å²) in [6.45, 7) is 5.08. The quantitative estimate of drug-likeness (QED) is 0.497. The maximum Gasteiger partial charge on any atom is 0.230 e. The second-order valence-corrected chi connectivity index (χ2v) is 8.97. The number of aromatic nitrogens is 2. The molecule has 4 heterocycles. The van der Waals surface area contributed by atoms with Crippen LogP contribution in [0.4, 0.5) is 5.82 Å². The van der Waals surface area contributed by atoms with Crippen molar-refractivity contribution in [2.45, 2.75) is 44.2 Å². The summed E-state index contributed by atoms with van der Waals surface area (Å²) in [5, 5.41) is 4.24. The Morgan fingerprint density at radius 2 is 2.30 bits per heavy atom. The van der Waals surface area contributed by atoms with E-state index in [1.54, 1.807) is 23.7 Å². The van der Waals surface area contributed by atoms with E-state index >= 15 is 0 Å². The van der Waals surface area contributed by atoms with E-state index in [-0.39, 0.29) is 17.3 Å². The van der Waals surface area contributed by atoms with Crippen molar-refractivity contribution in [2.75, 3.05) is 11.5 Å². The maximum atomic E-state index is 12.0. The normalized spacial score (nSPS) is 15.6. The van der Waals surface area contributed by atoms with Gasteiger partial charge in [-0.2, -0.15) is 0 Å². The second kappa shape index (κ2) is 7.14. The number of anilines is 1. The van der Waals surface area contributed by atoms with Crippen LogP contribution in [0.25, 0.3) is 10.2 Å². The Morgan fingerprint density at radius 1 is 1.44 bits per heavy atom. The van der Waals surface area contributed by atoms with Crippen LogP contribution >= 0.6 is 23.1 Å². The van der Waals surface area contributed by atoms with Crippen molar-refractivity contribution < 1.29 is 13.9 Å². The van der Waals surface area contributed by atoms with Gasteiger partial charge in [0.15, 0.2) is 5.16 Å². The van der Waals surface area contributed by atoms with Crippen molar-refractivity contribution >= 4 is 45.0 Å². The van der Waals surface area contributed by atoms with E-state index in [0.717, 1.165) is 21.5 Å². The van der Waals surface area contributed by atoms with Crippen LogP contribution in [-0.4, -0.2) is 27.2 Å². The minimum Gasteiger partial charge on any atom is -0.467 e. The van der Waals surface area contributed by atoms with Gasteiger partial charge in [0.25, 0.3) is 0 Å². The van der Waals surface area contributed by atoms with Crippen molar-refractivity contribution in [1.82, 2.24) is 15.3 Å². The molecule has 0 aromatic carbocycles. The van der Waals surface area contributed by atoms with E-state index in [1.807, 2.05) is 6.07 Å². The first kappa shape index (κ1) is 18.3. The van der Waals surface area contributed by atoms with Crippen LogP contribution in [0.5, 0.6) is 0 Å². The molecule has 7 nitrogen and oxygen atoms in total. The summed E-state index contributed by atoms with van der Waals surface area (Å²) < 4.78 is 11.1. The van der Waals surface area contributed by atoms with Gasteiger partial charge in [0.2, 0.25) is 5.91 Å². The number of thiophene rings is 1. The molecule has 0 fully saturated rings. The lowest BCUT2D eigenvalue weighted by atomic mass is 9.94. The number of nitrogens with two attached hydrogens (primary N) is 1. The summed E-state index contributed by atoms with van der Waals surface area (Å²) in [4.78, 5) is 23.0. The van der Waals surface area contributed by atoms with Crippen LogP contribution in [0.1, 0.15) is 30.0 Å². The Balaban J connectivity index is 1.46. The second-order valence-electron chi connectivity index (χ2n) is 6.95. The zero-order chi connectivity index (χ0) is 19.0. The highest BCUT2D eigenvalue weighted by Gasteiger charge is 2.30. The molecule has 3 aromatic rings. The van der Waals surface area contributed by atoms with Gasteiger partial charge in [-0.3, -0.25) is 4.79 Å². The number of fused-ring (bicyclic) bond motifs is 3. The van der Waals surface area contributed by atoms with E-state index in [2.05, 4.69) is 29.1 Å². The van der Waals surface area contributed by atoms with Crippen molar-refractivity contribution in [3.8, 4) is 0 Å². The van der Waals surface area contributed by atoms with Gasteiger partial charge in [0.05, 0.1) is 36.2 Å². The number of thioether (sulfide) groups is 1. The molecule has 3 aromatic heterocycles. The van der Waals surface area contributed by atoms with Crippen LogP contribution in [0.3, 0.4) is 0 Å². The Bertz CT molecular complexity index is 982. The largest absolute Gasteiger partial charge is 0.467 e. The summed E-state index contributed by atoms with van der Waals surface area (Å²) in [5.41, 5.74) is 7.21. The molecule has 3 N–H and O–H groups in total. The average molecular weight is 405 g/mol. The highest BCUT2D eigenvalue weighted by molar-refractivity contribution is 7.99. The molecule has 142 valence electrons. The van der Waals surface area contributed by atoms with Gasteiger partial charge in [0.1, 0.15) is 16.4 Å². The van der Waals surface area contributed by atoms with Crippen LogP contribution in [-0.2, 0) is 29.1 Å². The molecule has 0 atom stereocenters. The molecule has 27 heavy (non-hydrogen) atoms. The average Bonchev–Trinajstić information content (AvgIpc) is 3.24. The Labute approximate surface area is 164 Å². The predicted octanol–water partition coefficient (Wildman–Crippen LogP) is 3.13. The molecular weight excluding hydrogens is 384 g/mol. The summed E-state index contributed by atoms with van der Waals surface area (Å²) in [5.74, 6) is 1.28. The number of carbonyl (C=O) groups is 1. The highest BCUT2D eigenvalue weighted by Crippen LogP contribution is 2.40. The molecule has 0 spiro atoms. The zero-order valence-electron chi connectivity index (χ0n) is 15.1. The molecule has 4 rings (SSSR count). The van der Waals surface area contributed by atoms with Crippen LogP contribution in [0.15, 0.2) is 28.0 Å². The fourth-order valence-corrected chi connectivity index (χ4v) is 4.85. The SMILES string of the molecule is CC1(C)Cc2c(sc3nc(SCC(=O)NCc4ccco4)nc(N)c23)CO1. The number of nitrogen functional groups attached to an aromatic ring is 1. The summed E-state index contributed by atoms with van der Waals surface area (Å²) in [7, 11) is 0. The predicted molar refractivity (Wildman–Crippen MR) is 106 cm³/mol. The lowest BCUT2D eigenvalue weighted by molar-refractivity contribution is -0.118. The van der Waals surface area contributed by atoms with Gasteiger partial charge >= 0.3 is 0 Å². The number of ether oxygens (including phenoxy) is 1. The fraction of sp³-hybridized carbons (Fsp3) is 0.389. The van der Waals surface area contributed by atoms with Crippen LogP contribution in [0.2, 0.25) is 0 Å². The fourth-order valence-electron chi connectivity index (χ4n) is 3.00. The first-order valence-electron chi connectivity index (χ1n) is 8.55. The van der Waals surface area contributed by atoms with Crippen molar-refractivity contribution in [3.63, 3.8) is 0 Å². The third-order valence-electron chi connectivity index (χ3n) is 4.31. The number of nitrogens with one attached hydrogen (secondary N) is 1. The minimum absolute atomic E-state index is 0.112. The van der Waals surface area contributed by atoms with E-state index in [9.17, 15) is 4.79 Å². The molecule has 1 amide bonds. The zero-order valence-corrected chi connectivity index (χ0v) is 16.7. The molecule has 9 heteroatoms. The van der Waals surface area contributed by atoms with Crippen molar-refractivity contribution in [2.24, 2.45) is 0 Å². The Kier molecular flexibility index (Phi) is 4.83. The van der Waals surface area contributed by atoms with Gasteiger partial charge in [-0.05, 0) is 31.5 Å². The third kappa shape index (κ3) is 3.95.